The first-order valence-corrected chi connectivity index (χ1v) is 8.33. The van der Waals surface area contributed by atoms with Crippen molar-refractivity contribution in [3.8, 4) is 0 Å². The molecule has 0 aliphatic heterocycles. The molecule has 1 atom stereocenters. The van der Waals surface area contributed by atoms with Crippen molar-refractivity contribution in [3.05, 3.63) is 0 Å². The van der Waals surface area contributed by atoms with Gasteiger partial charge in [-0.05, 0) is 50.2 Å². The number of hydrogen-bond donors (Lipinski definition) is 1. The third kappa shape index (κ3) is 4.67. The normalized spacial score (nSPS) is 24.6. The molecule has 0 aromatic carbocycles. The van der Waals surface area contributed by atoms with Crippen molar-refractivity contribution in [2.75, 3.05) is 18.1 Å². The van der Waals surface area contributed by atoms with Gasteiger partial charge >= 0.3 is 0 Å². The van der Waals surface area contributed by atoms with Gasteiger partial charge in [-0.1, -0.05) is 19.3 Å². The van der Waals surface area contributed by atoms with Crippen LogP contribution in [0.4, 0.5) is 0 Å². The van der Waals surface area contributed by atoms with Gasteiger partial charge in [0.2, 0.25) is 0 Å². The summed E-state index contributed by atoms with van der Waals surface area (Å²) in [5.74, 6) is 4.77. The van der Waals surface area contributed by atoms with Crippen LogP contribution < -0.4 is 5.32 Å². The van der Waals surface area contributed by atoms with Gasteiger partial charge in [0.25, 0.3) is 0 Å². The molecule has 0 aromatic heterocycles. The zero-order valence-corrected chi connectivity index (χ0v) is 11.5. The van der Waals surface area contributed by atoms with Crippen LogP contribution in [-0.4, -0.2) is 24.1 Å². The van der Waals surface area contributed by atoms with Gasteiger partial charge < -0.3 is 5.32 Å². The minimum absolute atomic E-state index is 0.752. The Morgan fingerprint density at radius 3 is 2.56 bits per heavy atom. The molecule has 0 amide bonds. The predicted molar refractivity (Wildman–Crippen MR) is 74.1 cm³/mol. The zero-order valence-electron chi connectivity index (χ0n) is 10.7. The SMILES string of the molecule is CC(NCCSCC1CC1)C1CCCCC1. The molecular formula is C14H27NS. The van der Waals surface area contributed by atoms with Gasteiger partial charge in [-0.15, -0.1) is 0 Å². The molecule has 0 bridgehead atoms. The second kappa shape index (κ2) is 6.90. The van der Waals surface area contributed by atoms with Crippen LogP contribution in [0.3, 0.4) is 0 Å². The van der Waals surface area contributed by atoms with Crippen molar-refractivity contribution >= 4 is 11.8 Å². The fourth-order valence-corrected chi connectivity index (χ4v) is 3.79. The van der Waals surface area contributed by atoms with E-state index in [1.165, 1.54) is 63.0 Å². The zero-order chi connectivity index (χ0) is 11.2. The third-order valence-corrected chi connectivity index (χ3v) is 5.32. The number of rotatable bonds is 7. The maximum atomic E-state index is 3.73. The molecule has 2 fully saturated rings. The van der Waals surface area contributed by atoms with Crippen molar-refractivity contribution in [3.63, 3.8) is 0 Å². The van der Waals surface area contributed by atoms with Gasteiger partial charge in [0, 0.05) is 18.3 Å². The summed E-state index contributed by atoms with van der Waals surface area (Å²) < 4.78 is 0. The molecular weight excluding hydrogens is 214 g/mol. The Morgan fingerprint density at radius 1 is 1.12 bits per heavy atom. The van der Waals surface area contributed by atoms with Crippen molar-refractivity contribution in [1.82, 2.24) is 5.32 Å². The summed E-state index contributed by atoms with van der Waals surface area (Å²) >= 11 is 2.15. The lowest BCUT2D eigenvalue weighted by atomic mass is 9.84. The van der Waals surface area contributed by atoms with E-state index in [2.05, 4.69) is 24.0 Å². The standard InChI is InChI=1S/C14H27NS/c1-12(14-5-3-2-4-6-14)15-9-10-16-11-13-7-8-13/h12-15H,2-11H2,1H3. The van der Waals surface area contributed by atoms with Gasteiger partial charge in [-0.25, -0.2) is 0 Å². The third-order valence-electron chi connectivity index (χ3n) is 4.12. The highest BCUT2D eigenvalue weighted by atomic mass is 32.2. The highest BCUT2D eigenvalue weighted by molar-refractivity contribution is 7.99. The first kappa shape index (κ1) is 12.8. The number of thioether (sulfide) groups is 1. The van der Waals surface area contributed by atoms with E-state index in [4.69, 9.17) is 0 Å². The maximum absolute atomic E-state index is 3.73. The van der Waals surface area contributed by atoms with Crippen molar-refractivity contribution in [1.29, 1.82) is 0 Å². The Labute approximate surface area is 105 Å². The van der Waals surface area contributed by atoms with Gasteiger partial charge in [-0.3, -0.25) is 0 Å². The molecule has 2 heteroatoms. The van der Waals surface area contributed by atoms with E-state index in [1.54, 1.807) is 0 Å². The summed E-state index contributed by atoms with van der Waals surface area (Å²) in [6.45, 7) is 3.61. The molecule has 2 rings (SSSR count). The van der Waals surface area contributed by atoms with Gasteiger partial charge in [0.1, 0.15) is 0 Å². The van der Waals surface area contributed by atoms with E-state index in [-0.39, 0.29) is 0 Å². The van der Waals surface area contributed by atoms with Crippen LogP contribution in [0.15, 0.2) is 0 Å². The summed E-state index contributed by atoms with van der Waals surface area (Å²) in [6, 6.07) is 0.752. The van der Waals surface area contributed by atoms with Crippen LogP contribution in [0, 0.1) is 11.8 Å². The van der Waals surface area contributed by atoms with Crippen LogP contribution in [0.2, 0.25) is 0 Å². The first-order chi connectivity index (χ1) is 7.86. The molecule has 0 spiro atoms. The molecule has 2 aliphatic rings. The summed E-state index contributed by atoms with van der Waals surface area (Å²) in [6.07, 6.45) is 10.3. The molecule has 94 valence electrons. The van der Waals surface area contributed by atoms with Crippen molar-refractivity contribution < 1.29 is 0 Å². The van der Waals surface area contributed by atoms with Crippen LogP contribution in [0.25, 0.3) is 0 Å². The molecule has 0 radical (unpaired) electrons. The van der Waals surface area contributed by atoms with Crippen LogP contribution in [0.1, 0.15) is 51.9 Å². The maximum Gasteiger partial charge on any atom is 0.00673 e. The van der Waals surface area contributed by atoms with Gasteiger partial charge in [0.15, 0.2) is 0 Å². The second-order valence-electron chi connectivity index (χ2n) is 5.66. The predicted octanol–water partition coefficient (Wildman–Crippen LogP) is 3.69. The molecule has 1 unspecified atom stereocenters. The summed E-state index contributed by atoms with van der Waals surface area (Å²) in [5, 5.41) is 3.73. The van der Waals surface area contributed by atoms with Gasteiger partial charge in [-0.2, -0.15) is 11.8 Å². The lowest BCUT2D eigenvalue weighted by molar-refractivity contribution is 0.285. The fraction of sp³-hybridized carbons (Fsp3) is 1.00. The second-order valence-corrected chi connectivity index (χ2v) is 6.81. The van der Waals surface area contributed by atoms with E-state index in [9.17, 15) is 0 Å². The monoisotopic (exact) mass is 241 g/mol. The molecule has 0 heterocycles. The summed E-state index contributed by atoms with van der Waals surface area (Å²) in [5.41, 5.74) is 0. The average Bonchev–Trinajstić information content (AvgIpc) is 3.13. The van der Waals surface area contributed by atoms with Crippen molar-refractivity contribution in [2.45, 2.75) is 57.9 Å². The molecule has 0 saturated heterocycles. The molecule has 1 nitrogen and oxygen atoms in total. The minimum atomic E-state index is 0.752. The fourth-order valence-electron chi connectivity index (χ4n) is 2.69. The van der Waals surface area contributed by atoms with E-state index >= 15 is 0 Å². The quantitative estimate of drug-likeness (QED) is 0.682. The number of hydrogen-bond acceptors (Lipinski definition) is 2. The Hall–Kier alpha value is 0.310. The van der Waals surface area contributed by atoms with Crippen LogP contribution in [0.5, 0.6) is 0 Å². The van der Waals surface area contributed by atoms with E-state index in [0.29, 0.717) is 0 Å². The Balaban J connectivity index is 1.47. The molecule has 2 aliphatic carbocycles. The van der Waals surface area contributed by atoms with Gasteiger partial charge in [0.05, 0.1) is 0 Å². The van der Waals surface area contributed by atoms with Crippen molar-refractivity contribution in [2.24, 2.45) is 11.8 Å². The lowest BCUT2D eigenvalue weighted by Crippen LogP contribution is -2.36. The molecule has 2 saturated carbocycles. The Kier molecular flexibility index (Phi) is 5.51. The topological polar surface area (TPSA) is 12.0 Å². The smallest absolute Gasteiger partial charge is 0.00673 e. The average molecular weight is 241 g/mol. The highest BCUT2D eigenvalue weighted by Gasteiger charge is 2.21. The van der Waals surface area contributed by atoms with Crippen LogP contribution in [-0.2, 0) is 0 Å². The van der Waals surface area contributed by atoms with Crippen LogP contribution >= 0.6 is 11.8 Å². The summed E-state index contributed by atoms with van der Waals surface area (Å²) in [7, 11) is 0. The largest absolute Gasteiger partial charge is 0.313 e. The molecule has 16 heavy (non-hydrogen) atoms. The van der Waals surface area contributed by atoms with E-state index in [1.807, 2.05) is 0 Å². The summed E-state index contributed by atoms with van der Waals surface area (Å²) in [4.78, 5) is 0. The highest BCUT2D eigenvalue weighted by Crippen LogP contribution is 2.32. The Bertz CT molecular complexity index is 185. The first-order valence-electron chi connectivity index (χ1n) is 7.17. The molecule has 0 aromatic rings. The van der Waals surface area contributed by atoms with E-state index in [0.717, 1.165) is 17.9 Å². The Morgan fingerprint density at radius 2 is 1.88 bits per heavy atom. The minimum Gasteiger partial charge on any atom is -0.313 e. The van der Waals surface area contributed by atoms with E-state index < -0.39 is 0 Å². The number of nitrogens with one attached hydrogen (secondary N) is 1. The lowest BCUT2D eigenvalue weighted by Gasteiger charge is -2.28. The molecule has 1 N–H and O–H groups in total.